The van der Waals surface area contributed by atoms with Crippen LogP contribution in [0.5, 0.6) is 5.75 Å². The van der Waals surface area contributed by atoms with Gasteiger partial charge in [0.05, 0.1) is 12.8 Å². The topological polar surface area (TPSA) is 91.2 Å². The molecule has 1 amide bonds. The molecular weight excluding hydrogens is 272 g/mol. The summed E-state index contributed by atoms with van der Waals surface area (Å²) in [5.41, 5.74) is 3.13. The highest BCUT2D eigenvalue weighted by atomic mass is 16.5. The summed E-state index contributed by atoms with van der Waals surface area (Å²) in [6.45, 7) is 0. The Bertz CT molecular complexity index is 457. The number of nitrogens with zero attached hydrogens (tertiary/aromatic N) is 1. The Balaban J connectivity index is 2.30. The van der Waals surface area contributed by atoms with Gasteiger partial charge < -0.3 is 9.94 Å². The summed E-state index contributed by atoms with van der Waals surface area (Å²) < 4.78 is 5.08. The Labute approximate surface area is 124 Å². The summed E-state index contributed by atoms with van der Waals surface area (Å²) in [6, 6.07) is 7.38. The van der Waals surface area contributed by atoms with Crippen LogP contribution in [0, 0.1) is 0 Å². The second-order valence-corrected chi connectivity index (χ2v) is 4.72. The van der Waals surface area contributed by atoms with E-state index in [0.29, 0.717) is 18.6 Å². The van der Waals surface area contributed by atoms with Crippen molar-refractivity contribution in [1.29, 1.82) is 0 Å². The van der Waals surface area contributed by atoms with E-state index in [1.807, 2.05) is 24.3 Å². The molecule has 0 unspecified atom stereocenters. The van der Waals surface area contributed by atoms with Crippen LogP contribution in [0.15, 0.2) is 29.4 Å². The Morgan fingerprint density at radius 1 is 1.14 bits per heavy atom. The molecule has 0 aromatic heterocycles. The number of nitrogens with one attached hydrogen (secondary N) is 1. The molecule has 6 nitrogen and oxygen atoms in total. The Kier molecular flexibility index (Phi) is 7.89. The standard InChI is InChI=1S/C15H22N2O4/c1-21-13-10-8-12(9-11-13)14(16-19)6-4-2-3-5-7-15(18)17-20/h8-11,19-20H,2-7H2,1H3,(H,17,18)/b16-14-. The average molecular weight is 294 g/mol. The zero-order chi connectivity index (χ0) is 15.5. The molecule has 0 saturated heterocycles. The number of carbonyl (C=O) groups excluding carboxylic acids is 1. The van der Waals surface area contributed by atoms with E-state index in [0.717, 1.165) is 37.0 Å². The summed E-state index contributed by atoms with van der Waals surface area (Å²) in [7, 11) is 1.60. The van der Waals surface area contributed by atoms with Gasteiger partial charge in [0.15, 0.2) is 0 Å². The van der Waals surface area contributed by atoms with Crippen LogP contribution in [0.4, 0.5) is 0 Å². The largest absolute Gasteiger partial charge is 0.497 e. The van der Waals surface area contributed by atoms with Gasteiger partial charge in [0.2, 0.25) is 5.91 Å². The fraction of sp³-hybridized carbons (Fsp3) is 0.467. The van der Waals surface area contributed by atoms with Crippen LogP contribution in [0.2, 0.25) is 0 Å². The first-order valence-corrected chi connectivity index (χ1v) is 6.99. The lowest BCUT2D eigenvalue weighted by Crippen LogP contribution is -2.17. The quantitative estimate of drug-likeness (QED) is 0.215. The highest BCUT2D eigenvalue weighted by Gasteiger charge is 2.05. The lowest BCUT2D eigenvalue weighted by Gasteiger charge is -2.06. The van der Waals surface area contributed by atoms with Crippen molar-refractivity contribution in [1.82, 2.24) is 5.48 Å². The third kappa shape index (κ3) is 6.27. The second kappa shape index (κ2) is 9.77. The number of ether oxygens (including phenoxy) is 1. The monoisotopic (exact) mass is 294 g/mol. The van der Waals surface area contributed by atoms with Gasteiger partial charge in [0.1, 0.15) is 5.75 Å². The molecule has 0 aliphatic carbocycles. The van der Waals surface area contributed by atoms with E-state index in [1.165, 1.54) is 0 Å². The fourth-order valence-corrected chi connectivity index (χ4v) is 2.02. The van der Waals surface area contributed by atoms with Crippen LogP contribution >= 0.6 is 0 Å². The molecule has 0 bridgehead atoms. The van der Waals surface area contributed by atoms with Crippen molar-refractivity contribution in [3.8, 4) is 5.75 Å². The number of methoxy groups -OCH3 is 1. The van der Waals surface area contributed by atoms with Gasteiger partial charge in [-0.15, -0.1) is 0 Å². The molecule has 21 heavy (non-hydrogen) atoms. The SMILES string of the molecule is COc1ccc(/C(CCCCCCC(=O)NO)=N\O)cc1. The van der Waals surface area contributed by atoms with Crippen molar-refractivity contribution in [2.75, 3.05) is 7.11 Å². The summed E-state index contributed by atoms with van der Waals surface area (Å²) >= 11 is 0. The molecule has 0 radical (unpaired) electrons. The Hall–Kier alpha value is -2.08. The maximum Gasteiger partial charge on any atom is 0.243 e. The molecule has 0 spiro atoms. The van der Waals surface area contributed by atoms with Crippen LogP contribution in [-0.2, 0) is 4.79 Å². The van der Waals surface area contributed by atoms with Gasteiger partial charge in [0, 0.05) is 6.42 Å². The number of carbonyl (C=O) groups is 1. The molecule has 1 aromatic carbocycles. The predicted octanol–water partition coefficient (Wildman–Crippen LogP) is 2.72. The number of oxime groups is 1. The lowest BCUT2D eigenvalue weighted by atomic mass is 10.0. The minimum Gasteiger partial charge on any atom is -0.497 e. The van der Waals surface area contributed by atoms with Crippen LogP contribution in [0.25, 0.3) is 0 Å². The molecule has 0 aliphatic heterocycles. The van der Waals surface area contributed by atoms with Gasteiger partial charge in [-0.2, -0.15) is 0 Å². The maximum atomic E-state index is 10.8. The summed E-state index contributed by atoms with van der Waals surface area (Å²) in [4.78, 5) is 10.8. The minimum absolute atomic E-state index is 0.329. The third-order valence-electron chi connectivity index (χ3n) is 3.24. The van der Waals surface area contributed by atoms with E-state index in [9.17, 15) is 4.79 Å². The molecule has 1 aromatic rings. The summed E-state index contributed by atoms with van der Waals surface area (Å²) in [6.07, 6.45) is 4.46. The van der Waals surface area contributed by atoms with Crippen LogP contribution in [0.1, 0.15) is 44.1 Å². The van der Waals surface area contributed by atoms with Crippen molar-refractivity contribution in [2.24, 2.45) is 5.16 Å². The van der Waals surface area contributed by atoms with E-state index in [4.69, 9.17) is 15.2 Å². The van der Waals surface area contributed by atoms with Crippen molar-refractivity contribution < 1.29 is 19.9 Å². The number of amides is 1. The van der Waals surface area contributed by atoms with Gasteiger partial charge in [-0.1, -0.05) is 18.0 Å². The molecule has 116 valence electrons. The first-order valence-electron chi connectivity index (χ1n) is 6.99. The number of hydroxylamine groups is 1. The summed E-state index contributed by atoms with van der Waals surface area (Å²) in [5, 5.41) is 20.8. The second-order valence-electron chi connectivity index (χ2n) is 4.72. The van der Waals surface area contributed by atoms with E-state index in [1.54, 1.807) is 12.6 Å². The Morgan fingerprint density at radius 3 is 2.29 bits per heavy atom. The average Bonchev–Trinajstić information content (AvgIpc) is 2.54. The normalized spacial score (nSPS) is 11.2. The van der Waals surface area contributed by atoms with Crippen molar-refractivity contribution in [3.05, 3.63) is 29.8 Å². The smallest absolute Gasteiger partial charge is 0.243 e. The zero-order valence-electron chi connectivity index (χ0n) is 12.2. The van der Waals surface area contributed by atoms with Gasteiger partial charge in [0.25, 0.3) is 0 Å². The van der Waals surface area contributed by atoms with Crippen molar-refractivity contribution in [2.45, 2.75) is 38.5 Å². The van der Waals surface area contributed by atoms with Gasteiger partial charge in [-0.25, -0.2) is 5.48 Å². The highest BCUT2D eigenvalue weighted by Crippen LogP contribution is 2.15. The molecule has 0 saturated carbocycles. The summed E-state index contributed by atoms with van der Waals surface area (Å²) in [5.74, 6) is 0.407. The lowest BCUT2D eigenvalue weighted by molar-refractivity contribution is -0.129. The fourth-order valence-electron chi connectivity index (χ4n) is 2.02. The first-order chi connectivity index (χ1) is 10.2. The number of hydrogen-bond donors (Lipinski definition) is 3. The van der Waals surface area contributed by atoms with Crippen LogP contribution < -0.4 is 10.2 Å². The number of unbranched alkanes of at least 4 members (excludes halogenated alkanes) is 3. The van der Waals surface area contributed by atoms with Crippen LogP contribution in [0.3, 0.4) is 0 Å². The zero-order valence-corrected chi connectivity index (χ0v) is 12.2. The molecular formula is C15H22N2O4. The number of hydrogen-bond acceptors (Lipinski definition) is 5. The molecule has 0 fully saturated rings. The number of rotatable bonds is 9. The van der Waals surface area contributed by atoms with E-state index in [-0.39, 0.29) is 5.91 Å². The maximum absolute atomic E-state index is 10.8. The van der Waals surface area contributed by atoms with Gasteiger partial charge in [-0.05, 0) is 49.1 Å². The number of benzene rings is 1. The Morgan fingerprint density at radius 2 is 1.76 bits per heavy atom. The predicted molar refractivity (Wildman–Crippen MR) is 78.9 cm³/mol. The molecule has 1 rings (SSSR count). The molecule has 0 atom stereocenters. The van der Waals surface area contributed by atoms with E-state index in [2.05, 4.69) is 5.16 Å². The van der Waals surface area contributed by atoms with Gasteiger partial charge >= 0.3 is 0 Å². The van der Waals surface area contributed by atoms with Gasteiger partial charge in [-0.3, -0.25) is 10.0 Å². The third-order valence-corrected chi connectivity index (χ3v) is 3.24. The minimum atomic E-state index is -0.356. The molecule has 6 heteroatoms. The van der Waals surface area contributed by atoms with E-state index < -0.39 is 0 Å². The highest BCUT2D eigenvalue weighted by molar-refractivity contribution is 6.00. The molecule has 0 heterocycles. The van der Waals surface area contributed by atoms with Crippen molar-refractivity contribution >= 4 is 11.6 Å². The van der Waals surface area contributed by atoms with E-state index >= 15 is 0 Å². The molecule has 0 aliphatic rings. The molecule has 3 N–H and O–H groups in total. The van der Waals surface area contributed by atoms with Crippen LogP contribution in [-0.4, -0.2) is 29.1 Å². The first kappa shape index (κ1) is 17.0. The van der Waals surface area contributed by atoms with Crippen molar-refractivity contribution in [3.63, 3.8) is 0 Å².